The lowest BCUT2D eigenvalue weighted by atomic mass is 9.98. The molecule has 2 aromatic rings. The van der Waals surface area contributed by atoms with Gasteiger partial charge in [0.15, 0.2) is 11.6 Å². The fraction of sp³-hybridized carbons (Fsp3) is 0.200. The molecule has 0 aromatic heterocycles. The van der Waals surface area contributed by atoms with E-state index in [2.05, 4.69) is 21.2 Å². The smallest absolute Gasteiger partial charge is 0.163 e. The standard InChI is InChI=1S/C15H14BrF2N/c1-2-19-15(10-5-3-6-11(16)9-10)12-7-4-8-13(17)14(12)18/h3-9,15,19H,2H2,1H3. The van der Waals surface area contributed by atoms with Gasteiger partial charge >= 0.3 is 0 Å². The molecule has 19 heavy (non-hydrogen) atoms. The fourth-order valence-electron chi connectivity index (χ4n) is 2.04. The van der Waals surface area contributed by atoms with Crippen LogP contribution in [0.2, 0.25) is 0 Å². The van der Waals surface area contributed by atoms with Crippen LogP contribution in [0.15, 0.2) is 46.9 Å². The molecule has 2 aromatic carbocycles. The minimum Gasteiger partial charge on any atom is -0.306 e. The van der Waals surface area contributed by atoms with Crippen LogP contribution in [0.1, 0.15) is 24.1 Å². The molecule has 100 valence electrons. The van der Waals surface area contributed by atoms with Crippen LogP contribution in [0.25, 0.3) is 0 Å². The van der Waals surface area contributed by atoms with Crippen LogP contribution < -0.4 is 5.32 Å². The van der Waals surface area contributed by atoms with Crippen molar-refractivity contribution in [2.45, 2.75) is 13.0 Å². The van der Waals surface area contributed by atoms with E-state index in [0.717, 1.165) is 16.1 Å². The van der Waals surface area contributed by atoms with Gasteiger partial charge in [0.1, 0.15) is 0 Å². The van der Waals surface area contributed by atoms with Gasteiger partial charge in [0.2, 0.25) is 0 Å². The molecule has 0 aliphatic rings. The van der Waals surface area contributed by atoms with E-state index in [0.29, 0.717) is 12.1 Å². The summed E-state index contributed by atoms with van der Waals surface area (Å²) < 4.78 is 28.2. The molecule has 0 saturated carbocycles. The summed E-state index contributed by atoms with van der Waals surface area (Å²) in [6.45, 7) is 2.59. The first kappa shape index (κ1) is 14.2. The Morgan fingerprint density at radius 3 is 2.58 bits per heavy atom. The Morgan fingerprint density at radius 1 is 1.16 bits per heavy atom. The summed E-state index contributed by atoms with van der Waals surface area (Å²) in [5, 5.41) is 3.18. The van der Waals surface area contributed by atoms with Crippen LogP contribution in [0, 0.1) is 11.6 Å². The van der Waals surface area contributed by atoms with Crippen molar-refractivity contribution >= 4 is 15.9 Å². The quantitative estimate of drug-likeness (QED) is 0.877. The third-order valence-corrected chi connectivity index (χ3v) is 3.38. The molecule has 0 heterocycles. The van der Waals surface area contributed by atoms with Crippen LogP contribution >= 0.6 is 15.9 Å². The minimum atomic E-state index is -0.824. The molecule has 0 fully saturated rings. The van der Waals surface area contributed by atoms with E-state index in [9.17, 15) is 8.78 Å². The van der Waals surface area contributed by atoms with E-state index in [1.54, 1.807) is 6.07 Å². The summed E-state index contributed by atoms with van der Waals surface area (Å²) in [4.78, 5) is 0. The second kappa shape index (κ2) is 6.26. The highest BCUT2D eigenvalue weighted by Gasteiger charge is 2.19. The Kier molecular flexibility index (Phi) is 4.66. The molecule has 0 amide bonds. The maximum absolute atomic E-state index is 13.9. The number of rotatable bonds is 4. The normalized spacial score (nSPS) is 12.4. The first-order valence-electron chi connectivity index (χ1n) is 6.06. The molecule has 0 radical (unpaired) electrons. The highest BCUT2D eigenvalue weighted by Crippen LogP contribution is 2.27. The van der Waals surface area contributed by atoms with Gasteiger partial charge in [-0.05, 0) is 30.3 Å². The highest BCUT2D eigenvalue weighted by atomic mass is 79.9. The first-order valence-corrected chi connectivity index (χ1v) is 6.85. The third-order valence-electron chi connectivity index (χ3n) is 2.88. The van der Waals surface area contributed by atoms with Crippen molar-refractivity contribution in [3.63, 3.8) is 0 Å². The average Bonchev–Trinajstić information content (AvgIpc) is 2.40. The van der Waals surface area contributed by atoms with Gasteiger partial charge in [-0.15, -0.1) is 0 Å². The van der Waals surface area contributed by atoms with Crippen molar-refractivity contribution in [3.8, 4) is 0 Å². The zero-order valence-corrected chi connectivity index (χ0v) is 12.0. The van der Waals surface area contributed by atoms with E-state index >= 15 is 0 Å². The predicted octanol–water partition coefficient (Wildman–Crippen LogP) is 4.43. The lowest BCUT2D eigenvalue weighted by Crippen LogP contribution is -2.23. The number of benzene rings is 2. The van der Waals surface area contributed by atoms with E-state index in [4.69, 9.17) is 0 Å². The summed E-state index contributed by atoms with van der Waals surface area (Å²) in [5.74, 6) is -1.62. The lowest BCUT2D eigenvalue weighted by molar-refractivity contribution is 0.483. The lowest BCUT2D eigenvalue weighted by Gasteiger charge is -2.20. The maximum Gasteiger partial charge on any atom is 0.163 e. The Morgan fingerprint density at radius 2 is 1.89 bits per heavy atom. The SMILES string of the molecule is CCNC(c1cccc(Br)c1)c1cccc(F)c1F. The van der Waals surface area contributed by atoms with Gasteiger partial charge in [-0.1, -0.05) is 47.1 Å². The second-order valence-corrected chi connectivity index (χ2v) is 5.10. The molecule has 1 N–H and O–H groups in total. The Balaban J connectivity index is 2.48. The van der Waals surface area contributed by atoms with Crippen molar-refractivity contribution in [1.82, 2.24) is 5.32 Å². The van der Waals surface area contributed by atoms with E-state index < -0.39 is 11.6 Å². The summed E-state index contributed by atoms with van der Waals surface area (Å²) in [5.41, 5.74) is 1.21. The van der Waals surface area contributed by atoms with Gasteiger partial charge in [0.05, 0.1) is 6.04 Å². The van der Waals surface area contributed by atoms with E-state index in [-0.39, 0.29) is 6.04 Å². The fourth-order valence-corrected chi connectivity index (χ4v) is 2.46. The van der Waals surface area contributed by atoms with Crippen molar-refractivity contribution < 1.29 is 8.78 Å². The van der Waals surface area contributed by atoms with Crippen LogP contribution in [-0.2, 0) is 0 Å². The number of hydrogen-bond acceptors (Lipinski definition) is 1. The number of nitrogens with one attached hydrogen (secondary N) is 1. The van der Waals surface area contributed by atoms with Gasteiger partial charge in [-0.25, -0.2) is 8.78 Å². The molecule has 1 nitrogen and oxygen atoms in total. The first-order chi connectivity index (χ1) is 9.13. The van der Waals surface area contributed by atoms with Gasteiger partial charge in [0.25, 0.3) is 0 Å². The van der Waals surface area contributed by atoms with Gasteiger partial charge in [-0.3, -0.25) is 0 Å². The van der Waals surface area contributed by atoms with Crippen molar-refractivity contribution in [2.75, 3.05) is 6.54 Å². The molecule has 0 aliphatic carbocycles. The molecule has 0 spiro atoms. The monoisotopic (exact) mass is 325 g/mol. The molecule has 0 bridgehead atoms. The summed E-state index contributed by atoms with van der Waals surface area (Å²) in [6, 6.07) is 11.5. The Labute approximate surface area is 119 Å². The third kappa shape index (κ3) is 3.19. The Hall–Kier alpha value is -1.26. The predicted molar refractivity (Wildman–Crippen MR) is 76.0 cm³/mol. The zero-order valence-electron chi connectivity index (χ0n) is 10.5. The molecule has 2 rings (SSSR count). The highest BCUT2D eigenvalue weighted by molar-refractivity contribution is 9.10. The van der Waals surface area contributed by atoms with Gasteiger partial charge < -0.3 is 5.32 Å². The second-order valence-electron chi connectivity index (χ2n) is 4.19. The summed E-state index contributed by atoms with van der Waals surface area (Å²) in [6.07, 6.45) is 0. The number of halogens is 3. The van der Waals surface area contributed by atoms with E-state index in [1.165, 1.54) is 6.07 Å². The zero-order chi connectivity index (χ0) is 13.8. The largest absolute Gasteiger partial charge is 0.306 e. The molecule has 1 atom stereocenters. The van der Waals surface area contributed by atoms with Crippen molar-refractivity contribution in [3.05, 3.63) is 69.7 Å². The van der Waals surface area contributed by atoms with Crippen LogP contribution in [0.4, 0.5) is 8.78 Å². The van der Waals surface area contributed by atoms with Crippen LogP contribution in [0.3, 0.4) is 0 Å². The summed E-state index contributed by atoms with van der Waals surface area (Å²) in [7, 11) is 0. The number of hydrogen-bond donors (Lipinski definition) is 1. The van der Waals surface area contributed by atoms with Crippen molar-refractivity contribution in [1.29, 1.82) is 0 Å². The van der Waals surface area contributed by atoms with Gasteiger partial charge in [0, 0.05) is 10.0 Å². The average molecular weight is 326 g/mol. The van der Waals surface area contributed by atoms with Crippen LogP contribution in [-0.4, -0.2) is 6.54 Å². The summed E-state index contributed by atoms with van der Waals surface area (Å²) >= 11 is 3.39. The minimum absolute atomic E-state index is 0.319. The molecule has 4 heteroatoms. The maximum atomic E-state index is 13.9. The molecule has 0 saturated heterocycles. The Bertz CT molecular complexity index is 572. The van der Waals surface area contributed by atoms with Crippen LogP contribution in [0.5, 0.6) is 0 Å². The van der Waals surface area contributed by atoms with E-state index in [1.807, 2.05) is 31.2 Å². The molecule has 0 aliphatic heterocycles. The topological polar surface area (TPSA) is 12.0 Å². The molecular weight excluding hydrogens is 312 g/mol. The molecular formula is C15H14BrF2N. The molecule has 1 unspecified atom stereocenters. The van der Waals surface area contributed by atoms with Gasteiger partial charge in [-0.2, -0.15) is 0 Å². The van der Waals surface area contributed by atoms with Crippen molar-refractivity contribution in [2.24, 2.45) is 0 Å².